The van der Waals surface area contributed by atoms with Crippen LogP contribution in [0.2, 0.25) is 0 Å². The smallest absolute Gasteiger partial charge is 0.167 e. The first kappa shape index (κ1) is 20.7. The van der Waals surface area contributed by atoms with Gasteiger partial charge in [0.05, 0.1) is 0 Å². The van der Waals surface area contributed by atoms with E-state index >= 15 is 0 Å². The Morgan fingerprint density at radius 3 is 2.36 bits per heavy atom. The van der Waals surface area contributed by atoms with Crippen molar-refractivity contribution in [2.24, 2.45) is 0 Å². The van der Waals surface area contributed by atoms with Crippen molar-refractivity contribution in [2.45, 2.75) is 71.6 Å². The summed E-state index contributed by atoms with van der Waals surface area (Å²) in [5.74, 6) is -2.33. The van der Waals surface area contributed by atoms with Gasteiger partial charge in [0.25, 0.3) is 0 Å². The quantitative estimate of drug-likeness (QED) is 0.403. The van der Waals surface area contributed by atoms with Gasteiger partial charge in [-0.1, -0.05) is 63.3 Å². The highest BCUT2D eigenvalue weighted by Gasteiger charge is 2.19. The summed E-state index contributed by atoms with van der Waals surface area (Å²) < 4.78 is 43.4. The number of fused-ring (bicyclic) bond motifs is 1. The molecule has 0 nitrogen and oxygen atoms in total. The molecule has 0 N–H and O–H groups in total. The van der Waals surface area contributed by atoms with Crippen molar-refractivity contribution in [2.75, 3.05) is 0 Å². The fourth-order valence-corrected chi connectivity index (χ4v) is 4.00. The molecule has 0 atom stereocenters. The van der Waals surface area contributed by atoms with Crippen LogP contribution in [0.25, 0.3) is 17.2 Å². The van der Waals surface area contributed by atoms with Crippen molar-refractivity contribution in [3.63, 3.8) is 0 Å². The van der Waals surface area contributed by atoms with Crippen LogP contribution in [-0.4, -0.2) is 0 Å². The highest BCUT2D eigenvalue weighted by atomic mass is 19.2. The van der Waals surface area contributed by atoms with Gasteiger partial charge >= 0.3 is 0 Å². The first-order valence-corrected chi connectivity index (χ1v) is 10.5. The molecule has 0 bridgehead atoms. The second-order valence-electron chi connectivity index (χ2n) is 7.75. The highest BCUT2D eigenvalue weighted by molar-refractivity contribution is 5.71. The SMILES string of the molecule is CCCCCCCC1=Cc2cc(F)c(-c3ccc(CC)c(F)c3F)cc2CC1. The van der Waals surface area contributed by atoms with Crippen LogP contribution in [0.3, 0.4) is 0 Å². The molecule has 0 fully saturated rings. The zero-order chi connectivity index (χ0) is 20.1. The predicted octanol–water partition coefficient (Wildman–Crippen LogP) is 8.02. The van der Waals surface area contributed by atoms with Crippen LogP contribution in [0, 0.1) is 17.5 Å². The average Bonchev–Trinajstić information content (AvgIpc) is 2.69. The van der Waals surface area contributed by atoms with Crippen molar-refractivity contribution in [3.8, 4) is 11.1 Å². The van der Waals surface area contributed by atoms with Crippen LogP contribution in [0.1, 0.15) is 75.5 Å². The normalized spacial score (nSPS) is 13.4. The number of rotatable bonds is 8. The Kier molecular flexibility index (Phi) is 6.98. The molecule has 0 unspecified atom stereocenters. The maximum atomic E-state index is 14.8. The summed E-state index contributed by atoms with van der Waals surface area (Å²) in [7, 11) is 0. The molecule has 0 heterocycles. The average molecular weight is 387 g/mol. The largest absolute Gasteiger partial charge is 0.206 e. The number of benzene rings is 2. The van der Waals surface area contributed by atoms with E-state index in [-0.39, 0.29) is 11.1 Å². The Bertz CT molecular complexity index is 865. The third kappa shape index (κ3) is 4.51. The lowest BCUT2D eigenvalue weighted by molar-refractivity contribution is 0.501. The highest BCUT2D eigenvalue weighted by Crippen LogP contribution is 2.34. The number of hydrogen-bond donors (Lipinski definition) is 0. The predicted molar refractivity (Wildman–Crippen MR) is 111 cm³/mol. The summed E-state index contributed by atoms with van der Waals surface area (Å²) in [5, 5.41) is 0. The second-order valence-corrected chi connectivity index (χ2v) is 7.75. The fraction of sp³-hybridized carbons (Fsp3) is 0.440. The molecule has 1 aliphatic rings. The van der Waals surface area contributed by atoms with Gasteiger partial charge in [-0.3, -0.25) is 0 Å². The minimum absolute atomic E-state index is 0.000649. The molecule has 3 rings (SSSR count). The fourth-order valence-electron chi connectivity index (χ4n) is 4.00. The first-order chi connectivity index (χ1) is 13.5. The van der Waals surface area contributed by atoms with Gasteiger partial charge in [-0.15, -0.1) is 0 Å². The van der Waals surface area contributed by atoms with Gasteiger partial charge in [-0.2, -0.15) is 0 Å². The Morgan fingerprint density at radius 1 is 0.821 bits per heavy atom. The minimum Gasteiger partial charge on any atom is -0.206 e. The zero-order valence-electron chi connectivity index (χ0n) is 16.9. The Balaban J connectivity index is 1.82. The lowest BCUT2D eigenvalue weighted by Gasteiger charge is -2.19. The van der Waals surface area contributed by atoms with Crippen molar-refractivity contribution in [1.29, 1.82) is 0 Å². The molecule has 0 spiro atoms. The van der Waals surface area contributed by atoms with Crippen LogP contribution in [0.4, 0.5) is 13.2 Å². The summed E-state index contributed by atoms with van der Waals surface area (Å²) in [6, 6.07) is 6.21. The van der Waals surface area contributed by atoms with E-state index in [1.807, 2.05) is 0 Å². The molecule has 0 saturated heterocycles. The van der Waals surface area contributed by atoms with Gasteiger partial charge in [0.15, 0.2) is 11.6 Å². The maximum absolute atomic E-state index is 14.8. The first-order valence-electron chi connectivity index (χ1n) is 10.5. The monoisotopic (exact) mass is 386 g/mol. The van der Waals surface area contributed by atoms with E-state index in [0.29, 0.717) is 12.0 Å². The van der Waals surface area contributed by atoms with Gasteiger partial charge in [0.1, 0.15) is 5.82 Å². The van der Waals surface area contributed by atoms with Crippen LogP contribution in [-0.2, 0) is 12.8 Å². The number of allylic oxidation sites excluding steroid dienone is 1. The van der Waals surface area contributed by atoms with Crippen molar-refractivity contribution in [3.05, 3.63) is 64.0 Å². The summed E-state index contributed by atoms with van der Waals surface area (Å²) >= 11 is 0. The topological polar surface area (TPSA) is 0 Å². The molecule has 2 aromatic rings. The van der Waals surface area contributed by atoms with Crippen LogP contribution >= 0.6 is 0 Å². The van der Waals surface area contributed by atoms with E-state index in [1.54, 1.807) is 19.1 Å². The molecular formula is C25H29F3. The molecule has 0 aliphatic heterocycles. The van der Waals surface area contributed by atoms with Crippen LogP contribution in [0.5, 0.6) is 0 Å². The molecule has 0 amide bonds. The molecule has 0 saturated carbocycles. The molecular weight excluding hydrogens is 357 g/mol. The zero-order valence-corrected chi connectivity index (χ0v) is 16.9. The number of hydrogen-bond acceptors (Lipinski definition) is 0. The van der Waals surface area contributed by atoms with Crippen molar-refractivity contribution in [1.82, 2.24) is 0 Å². The van der Waals surface area contributed by atoms with Crippen LogP contribution < -0.4 is 0 Å². The number of halogens is 3. The minimum atomic E-state index is -0.961. The van der Waals surface area contributed by atoms with E-state index in [4.69, 9.17) is 0 Å². The third-order valence-corrected chi connectivity index (χ3v) is 5.74. The summed E-state index contributed by atoms with van der Waals surface area (Å²) in [6.45, 7) is 3.98. The standard InChI is InChI=1S/C25H29F3/c1-3-5-6-7-8-9-17-10-11-19-15-22(23(26)16-20(19)14-17)21-13-12-18(4-2)24(27)25(21)28/h12-16H,3-11H2,1-2H3. The second kappa shape index (κ2) is 9.45. The Morgan fingerprint density at radius 2 is 1.61 bits per heavy atom. The van der Waals surface area contributed by atoms with Crippen LogP contribution in [0.15, 0.2) is 29.8 Å². The molecule has 3 heteroatoms. The van der Waals surface area contributed by atoms with Gasteiger partial charge in [0.2, 0.25) is 0 Å². The van der Waals surface area contributed by atoms with E-state index in [1.165, 1.54) is 49.8 Å². The Hall–Kier alpha value is -2.03. The summed E-state index contributed by atoms with van der Waals surface area (Å²) in [5.41, 5.74) is 3.70. The van der Waals surface area contributed by atoms with Gasteiger partial charge in [-0.05, 0) is 60.9 Å². The Labute approximate surface area is 166 Å². The van der Waals surface area contributed by atoms with Gasteiger partial charge in [0, 0.05) is 11.1 Å². The van der Waals surface area contributed by atoms with Crippen molar-refractivity contribution < 1.29 is 13.2 Å². The van der Waals surface area contributed by atoms with E-state index in [0.717, 1.165) is 30.4 Å². The third-order valence-electron chi connectivity index (χ3n) is 5.74. The summed E-state index contributed by atoms with van der Waals surface area (Å²) in [4.78, 5) is 0. The molecule has 1 aliphatic carbocycles. The molecule has 0 radical (unpaired) electrons. The van der Waals surface area contributed by atoms with Gasteiger partial charge < -0.3 is 0 Å². The lowest BCUT2D eigenvalue weighted by Crippen LogP contribution is -2.03. The maximum Gasteiger partial charge on any atom is 0.167 e. The lowest BCUT2D eigenvalue weighted by atomic mass is 9.87. The number of aryl methyl sites for hydroxylation is 2. The number of unbranched alkanes of at least 4 members (excludes halogenated alkanes) is 4. The van der Waals surface area contributed by atoms with Crippen molar-refractivity contribution >= 4 is 6.08 Å². The molecule has 0 aromatic heterocycles. The van der Waals surface area contributed by atoms with E-state index in [2.05, 4.69) is 13.0 Å². The summed E-state index contributed by atoms with van der Waals surface area (Å²) in [6.07, 6.45) is 11.5. The van der Waals surface area contributed by atoms with E-state index < -0.39 is 17.5 Å². The van der Waals surface area contributed by atoms with E-state index in [9.17, 15) is 13.2 Å². The molecule has 2 aromatic carbocycles. The molecule has 28 heavy (non-hydrogen) atoms. The van der Waals surface area contributed by atoms with Gasteiger partial charge in [-0.25, -0.2) is 13.2 Å². The molecule has 150 valence electrons.